The van der Waals surface area contributed by atoms with E-state index in [1.165, 1.54) is 12.4 Å². The van der Waals surface area contributed by atoms with Crippen LogP contribution in [-0.2, 0) is 15.4 Å². The minimum atomic E-state index is -2.97. The fourth-order valence-electron chi connectivity index (χ4n) is 2.65. The highest BCUT2D eigenvalue weighted by Crippen LogP contribution is 2.58. The second-order valence-electron chi connectivity index (χ2n) is 6.95. The van der Waals surface area contributed by atoms with Gasteiger partial charge in [0.2, 0.25) is 0 Å². The Morgan fingerprint density at radius 2 is 1.81 bits per heavy atom. The van der Waals surface area contributed by atoms with Gasteiger partial charge in [0.05, 0.1) is 17.4 Å². The molecule has 116 valence electrons. The predicted molar refractivity (Wildman–Crippen MR) is 74.0 cm³/mol. The summed E-state index contributed by atoms with van der Waals surface area (Å²) >= 11 is 0. The largest absolute Gasteiger partial charge is 0.461 e. The van der Waals surface area contributed by atoms with Gasteiger partial charge >= 0.3 is 13.2 Å². The summed E-state index contributed by atoms with van der Waals surface area (Å²) in [6, 6.07) is 0. The monoisotopic (exact) mass is 296 g/mol. The van der Waals surface area contributed by atoms with E-state index in [9.17, 15) is 0 Å². The molecule has 1 aromatic heterocycles. The fourth-order valence-corrected chi connectivity index (χ4v) is 2.65. The van der Waals surface area contributed by atoms with Gasteiger partial charge in [-0.15, -0.1) is 0 Å². The van der Waals surface area contributed by atoms with Gasteiger partial charge in [-0.3, -0.25) is 0 Å². The second-order valence-corrected chi connectivity index (χ2v) is 6.95. The van der Waals surface area contributed by atoms with Crippen molar-refractivity contribution in [3.63, 3.8) is 0 Å². The maximum Gasteiger partial charge on any atom is 0.461 e. The van der Waals surface area contributed by atoms with Crippen molar-refractivity contribution in [2.24, 2.45) is 0 Å². The molecule has 0 bridgehead atoms. The van der Waals surface area contributed by atoms with Crippen molar-refractivity contribution < 1.29 is 24.6 Å². The zero-order chi connectivity index (χ0) is 15.6. The van der Waals surface area contributed by atoms with E-state index < -0.39 is 6.10 Å². The highest BCUT2D eigenvalue weighted by Gasteiger charge is 2.60. The third kappa shape index (κ3) is 2.51. The van der Waals surface area contributed by atoms with Crippen LogP contribution in [0.3, 0.4) is 0 Å². The van der Waals surface area contributed by atoms with E-state index in [2.05, 4.69) is 5.10 Å². The van der Waals surface area contributed by atoms with Crippen LogP contribution in [-0.4, -0.2) is 43.4 Å². The van der Waals surface area contributed by atoms with Crippen LogP contribution in [0.5, 0.6) is 0 Å². The number of rotatable bonds is 3. The van der Waals surface area contributed by atoms with Gasteiger partial charge < -0.3 is 24.6 Å². The summed E-state index contributed by atoms with van der Waals surface area (Å²) in [6.45, 7) is 8.06. The Morgan fingerprint density at radius 3 is 2.29 bits per heavy atom. The Hall–Kier alpha value is -0.925. The lowest BCUT2D eigenvalue weighted by Crippen LogP contribution is -2.41. The van der Waals surface area contributed by atoms with E-state index in [1.807, 2.05) is 27.7 Å². The highest BCUT2D eigenvalue weighted by atomic mass is 16.7. The van der Waals surface area contributed by atoms with Gasteiger partial charge in [-0.1, -0.05) is 0 Å². The maximum atomic E-state index is 9.08. The molecule has 0 aromatic carbocycles. The smallest absolute Gasteiger partial charge is 0.403 e. The maximum absolute atomic E-state index is 9.08. The van der Waals surface area contributed by atoms with Crippen molar-refractivity contribution in [1.82, 2.24) is 9.78 Å². The summed E-state index contributed by atoms with van der Waals surface area (Å²) in [5.41, 5.74) is 0.118. The molecule has 1 aliphatic heterocycles. The van der Waals surface area contributed by atoms with Gasteiger partial charge in [0.15, 0.2) is 0 Å². The van der Waals surface area contributed by atoms with Gasteiger partial charge in [0.1, 0.15) is 0 Å². The Bertz CT molecular complexity index is 535. The molecule has 0 spiro atoms. The third-order valence-corrected chi connectivity index (χ3v) is 4.80. The molecule has 2 atom stereocenters. The summed E-state index contributed by atoms with van der Waals surface area (Å²) < 4.78 is 12.7. The lowest BCUT2D eigenvalue weighted by Gasteiger charge is -2.32. The van der Waals surface area contributed by atoms with Crippen molar-refractivity contribution in [1.29, 1.82) is 0 Å². The van der Waals surface area contributed by atoms with Gasteiger partial charge in [-0.05, 0) is 45.6 Å². The fraction of sp³-hybridized carbons (Fsp3) is 0.769. The molecule has 0 radical (unpaired) electrons. The lowest BCUT2D eigenvalue weighted by molar-refractivity contribution is -0.380. The van der Waals surface area contributed by atoms with Crippen LogP contribution in [0.25, 0.3) is 0 Å². The van der Waals surface area contributed by atoms with Crippen LogP contribution in [0.4, 0.5) is 0 Å². The van der Waals surface area contributed by atoms with E-state index in [1.54, 1.807) is 0 Å². The molecule has 8 heteroatoms. The molecule has 1 saturated carbocycles. The molecule has 2 unspecified atom stereocenters. The van der Waals surface area contributed by atoms with Crippen LogP contribution in [0.15, 0.2) is 12.4 Å². The Morgan fingerprint density at radius 1 is 1.24 bits per heavy atom. The van der Waals surface area contributed by atoms with Gasteiger partial charge in [0.25, 0.3) is 0 Å². The topological polar surface area (TPSA) is 97.0 Å². The molecule has 21 heavy (non-hydrogen) atoms. The van der Waals surface area contributed by atoms with Gasteiger partial charge in [0, 0.05) is 12.0 Å². The number of aromatic nitrogens is 2. The summed E-state index contributed by atoms with van der Waals surface area (Å²) in [4.78, 5) is 0. The zero-order valence-corrected chi connectivity index (χ0v) is 12.6. The Labute approximate surface area is 123 Å². The van der Waals surface area contributed by atoms with Gasteiger partial charge in [-0.25, -0.2) is 0 Å². The molecule has 7 nitrogen and oxygen atoms in total. The van der Waals surface area contributed by atoms with E-state index in [0.29, 0.717) is 4.68 Å². The standard InChI is InChI=1S/C13H21BN2O5/c1-11(2)12(3,4)21-14(20-11)10-5-9(10)8-6-15-16(7-8)13(17,18)19/h6-7,9-10,17-19H,5H2,1-4H3. The van der Waals surface area contributed by atoms with E-state index >= 15 is 0 Å². The van der Waals surface area contributed by atoms with E-state index in [0.717, 1.165) is 12.0 Å². The molecule has 1 saturated heterocycles. The average Bonchev–Trinajstić information content (AvgIpc) is 2.87. The molecule has 2 heterocycles. The van der Waals surface area contributed by atoms with E-state index in [4.69, 9.17) is 24.6 Å². The normalized spacial score (nSPS) is 30.7. The summed E-state index contributed by atoms with van der Waals surface area (Å²) in [5, 5.41) is 31.0. The second kappa shape index (κ2) is 4.30. The van der Waals surface area contributed by atoms with Crippen LogP contribution in [0.1, 0.15) is 45.6 Å². The van der Waals surface area contributed by atoms with Gasteiger partial charge in [-0.2, -0.15) is 9.78 Å². The molecule has 1 aromatic rings. The first-order chi connectivity index (χ1) is 9.51. The molecule has 0 amide bonds. The number of hydrogen-bond acceptors (Lipinski definition) is 6. The van der Waals surface area contributed by atoms with Crippen LogP contribution in [0.2, 0.25) is 5.82 Å². The zero-order valence-electron chi connectivity index (χ0n) is 12.6. The molecule has 3 N–H and O–H groups in total. The first kappa shape index (κ1) is 15.0. The molecule has 3 rings (SSSR count). The highest BCUT2D eigenvalue weighted by molar-refractivity contribution is 6.49. The Kier molecular flexibility index (Phi) is 3.07. The summed E-state index contributed by atoms with van der Waals surface area (Å²) in [5.74, 6) is 0.407. The van der Waals surface area contributed by atoms with Crippen LogP contribution >= 0.6 is 0 Å². The van der Waals surface area contributed by atoms with Crippen molar-refractivity contribution in [3.05, 3.63) is 18.0 Å². The van der Waals surface area contributed by atoms with Crippen LogP contribution in [0, 0.1) is 0 Å². The minimum Gasteiger partial charge on any atom is -0.403 e. The first-order valence-electron chi connectivity index (χ1n) is 7.09. The molecule has 1 aliphatic carbocycles. The van der Waals surface area contributed by atoms with E-state index in [-0.39, 0.29) is 30.1 Å². The average molecular weight is 296 g/mol. The van der Waals surface area contributed by atoms with Crippen molar-refractivity contribution >= 4 is 7.12 Å². The summed E-state index contributed by atoms with van der Waals surface area (Å²) in [6.07, 6.45) is 0.869. The molecule has 2 aliphatic rings. The number of hydrogen-bond donors (Lipinski definition) is 3. The SMILES string of the molecule is CC1(C)OB(C2CC2c2cnn(C(O)(O)O)c2)OC1(C)C. The lowest BCUT2D eigenvalue weighted by atomic mass is 9.80. The van der Waals surface area contributed by atoms with Crippen molar-refractivity contribution in [3.8, 4) is 0 Å². The minimum absolute atomic E-state index is 0.191. The number of aliphatic hydroxyl groups is 3. The molecule has 2 fully saturated rings. The molecular weight excluding hydrogens is 275 g/mol. The summed E-state index contributed by atoms with van der Waals surface area (Å²) in [7, 11) is -0.273. The van der Waals surface area contributed by atoms with Crippen molar-refractivity contribution in [2.45, 2.75) is 63.2 Å². The molecular formula is C13H21BN2O5. The predicted octanol–water partition coefficient (Wildman–Crippen LogP) is 0.377. The third-order valence-electron chi connectivity index (χ3n) is 4.80. The number of nitrogens with zero attached hydrogens (tertiary/aromatic N) is 2. The quantitative estimate of drug-likeness (QED) is 0.551. The van der Waals surface area contributed by atoms with Crippen molar-refractivity contribution in [2.75, 3.05) is 0 Å². The first-order valence-corrected chi connectivity index (χ1v) is 7.09. The Balaban J connectivity index is 1.69. The van der Waals surface area contributed by atoms with Crippen LogP contribution < -0.4 is 0 Å².